The lowest BCUT2D eigenvalue weighted by Gasteiger charge is -2.16. The Morgan fingerprint density at radius 1 is 1.11 bits per heavy atom. The van der Waals surface area contributed by atoms with Crippen molar-refractivity contribution in [2.45, 2.75) is 13.0 Å². The van der Waals surface area contributed by atoms with Crippen LogP contribution in [0.1, 0.15) is 22.9 Å². The van der Waals surface area contributed by atoms with E-state index in [0.717, 1.165) is 16.8 Å². The van der Waals surface area contributed by atoms with Gasteiger partial charge in [0.15, 0.2) is 0 Å². The maximum atomic E-state index is 4.50. The smallest absolute Gasteiger partial charge is 0.0809 e. The number of hydrogen-bond donors (Lipinski definition) is 1. The summed E-state index contributed by atoms with van der Waals surface area (Å²) in [5.74, 6) is 0. The molecule has 1 atom stereocenters. The van der Waals surface area contributed by atoms with Crippen molar-refractivity contribution in [3.05, 3.63) is 58.9 Å². The van der Waals surface area contributed by atoms with Crippen LogP contribution >= 0.6 is 11.3 Å². The number of aryl methyl sites for hydroxylation is 1. The van der Waals surface area contributed by atoms with E-state index in [9.17, 15) is 0 Å². The predicted molar refractivity (Wildman–Crippen MR) is 79.5 cm³/mol. The largest absolute Gasteiger partial charge is 0.309 e. The van der Waals surface area contributed by atoms with Gasteiger partial charge in [-0.25, -0.2) is 0 Å². The molecule has 0 aliphatic carbocycles. The summed E-state index contributed by atoms with van der Waals surface area (Å²) >= 11 is 1.72. The molecule has 0 spiro atoms. The van der Waals surface area contributed by atoms with Crippen LogP contribution < -0.4 is 5.32 Å². The van der Waals surface area contributed by atoms with E-state index in [0.29, 0.717) is 0 Å². The molecule has 0 aromatic carbocycles. The highest BCUT2D eigenvalue weighted by Gasteiger charge is 2.13. The van der Waals surface area contributed by atoms with E-state index in [1.807, 2.05) is 38.5 Å². The van der Waals surface area contributed by atoms with Crippen LogP contribution in [0.25, 0.3) is 10.2 Å². The summed E-state index contributed by atoms with van der Waals surface area (Å²) in [6.45, 7) is 2.00. The van der Waals surface area contributed by atoms with Crippen LogP contribution in [0.5, 0.6) is 0 Å². The van der Waals surface area contributed by atoms with Gasteiger partial charge in [0.1, 0.15) is 0 Å². The van der Waals surface area contributed by atoms with Crippen LogP contribution in [-0.2, 0) is 0 Å². The first-order chi connectivity index (χ1) is 9.28. The van der Waals surface area contributed by atoms with Gasteiger partial charge in [0.05, 0.1) is 16.3 Å². The number of rotatable bonds is 3. The number of aromatic nitrogens is 2. The average Bonchev–Trinajstić information content (AvgIpc) is 2.89. The molecule has 19 heavy (non-hydrogen) atoms. The van der Waals surface area contributed by atoms with E-state index in [1.165, 1.54) is 10.3 Å². The fraction of sp³-hybridized carbons (Fsp3) is 0.200. The van der Waals surface area contributed by atoms with Crippen LogP contribution in [0.15, 0.2) is 42.0 Å². The zero-order valence-corrected chi connectivity index (χ0v) is 11.7. The number of fused-ring (bicyclic) bond motifs is 1. The first-order valence-corrected chi connectivity index (χ1v) is 7.09. The Bertz CT molecular complexity index is 688. The first kappa shape index (κ1) is 12.3. The number of thiophene rings is 1. The second-order valence-electron chi connectivity index (χ2n) is 4.53. The molecule has 0 bridgehead atoms. The molecule has 3 aromatic rings. The zero-order valence-electron chi connectivity index (χ0n) is 10.9. The molecular weight excluding hydrogens is 254 g/mol. The van der Waals surface area contributed by atoms with E-state index >= 15 is 0 Å². The molecule has 3 nitrogen and oxygen atoms in total. The molecule has 0 aliphatic heterocycles. The Morgan fingerprint density at radius 2 is 1.95 bits per heavy atom. The predicted octanol–water partition coefficient (Wildman–Crippen LogP) is 3.31. The molecule has 3 aromatic heterocycles. The van der Waals surface area contributed by atoms with Crippen molar-refractivity contribution in [1.82, 2.24) is 15.3 Å². The van der Waals surface area contributed by atoms with E-state index < -0.39 is 0 Å². The third kappa shape index (κ3) is 2.37. The number of nitrogens with zero attached hydrogens (tertiary/aromatic N) is 2. The normalized spacial score (nSPS) is 12.7. The fourth-order valence-electron chi connectivity index (χ4n) is 2.20. The topological polar surface area (TPSA) is 37.8 Å². The Balaban J connectivity index is 2.03. The minimum absolute atomic E-state index is 0.132. The molecular formula is C15H15N3S. The van der Waals surface area contributed by atoms with E-state index in [-0.39, 0.29) is 6.04 Å². The molecule has 0 saturated heterocycles. The minimum atomic E-state index is 0.132. The summed E-state index contributed by atoms with van der Waals surface area (Å²) in [6.07, 6.45) is 3.87. The molecule has 0 saturated carbocycles. The molecule has 0 amide bonds. The van der Waals surface area contributed by atoms with Gasteiger partial charge in [-0.05, 0) is 48.7 Å². The van der Waals surface area contributed by atoms with E-state index in [4.69, 9.17) is 0 Å². The Morgan fingerprint density at radius 3 is 2.68 bits per heavy atom. The third-order valence-electron chi connectivity index (χ3n) is 3.21. The number of nitrogens with one attached hydrogen (secondary N) is 1. The van der Waals surface area contributed by atoms with Crippen LogP contribution in [0, 0.1) is 6.92 Å². The lowest BCUT2D eigenvalue weighted by atomic mass is 10.0. The van der Waals surface area contributed by atoms with Crippen molar-refractivity contribution in [2.24, 2.45) is 0 Å². The molecule has 1 N–H and O–H groups in total. The highest BCUT2D eigenvalue weighted by atomic mass is 32.1. The maximum Gasteiger partial charge on any atom is 0.0809 e. The number of hydrogen-bond acceptors (Lipinski definition) is 4. The summed E-state index contributed by atoms with van der Waals surface area (Å²) in [7, 11) is 1.96. The highest BCUT2D eigenvalue weighted by molar-refractivity contribution is 7.17. The van der Waals surface area contributed by atoms with Gasteiger partial charge in [-0.1, -0.05) is 6.07 Å². The quantitative estimate of drug-likeness (QED) is 0.792. The van der Waals surface area contributed by atoms with Crippen molar-refractivity contribution >= 4 is 21.6 Å². The van der Waals surface area contributed by atoms with Crippen LogP contribution in [0.2, 0.25) is 0 Å². The second-order valence-corrected chi connectivity index (χ2v) is 5.47. The summed E-state index contributed by atoms with van der Waals surface area (Å²) in [4.78, 5) is 8.87. The molecule has 96 valence electrons. The van der Waals surface area contributed by atoms with Crippen LogP contribution in [-0.4, -0.2) is 17.0 Å². The highest BCUT2D eigenvalue weighted by Crippen LogP contribution is 2.26. The van der Waals surface area contributed by atoms with Gasteiger partial charge in [0.25, 0.3) is 0 Å². The maximum absolute atomic E-state index is 4.50. The first-order valence-electron chi connectivity index (χ1n) is 6.21. The fourth-order valence-corrected chi connectivity index (χ4v) is 2.98. The van der Waals surface area contributed by atoms with Crippen molar-refractivity contribution < 1.29 is 0 Å². The Kier molecular flexibility index (Phi) is 3.27. The second kappa shape index (κ2) is 5.07. The standard InChI is InChI=1S/C15H15N3S/c1-10-3-4-11(8-17-10)15(16-2)12-7-14-13(18-9-12)5-6-19-14/h3-9,15-16H,1-2H3. The molecule has 1 unspecified atom stereocenters. The van der Waals surface area contributed by atoms with Gasteiger partial charge in [-0.3, -0.25) is 9.97 Å². The van der Waals surface area contributed by atoms with Gasteiger partial charge >= 0.3 is 0 Å². The summed E-state index contributed by atoms with van der Waals surface area (Å²) in [5.41, 5.74) is 4.42. The molecule has 4 heteroatoms. The minimum Gasteiger partial charge on any atom is -0.309 e. The van der Waals surface area contributed by atoms with E-state index in [2.05, 4.69) is 32.8 Å². The Labute approximate surface area is 116 Å². The SMILES string of the molecule is CNC(c1ccc(C)nc1)c1cnc2ccsc2c1. The van der Waals surface area contributed by atoms with Gasteiger partial charge < -0.3 is 5.32 Å². The van der Waals surface area contributed by atoms with Crippen molar-refractivity contribution in [1.29, 1.82) is 0 Å². The van der Waals surface area contributed by atoms with Crippen LogP contribution in [0.4, 0.5) is 0 Å². The molecule has 0 radical (unpaired) electrons. The molecule has 0 aliphatic rings. The third-order valence-corrected chi connectivity index (χ3v) is 4.07. The van der Waals surface area contributed by atoms with Gasteiger partial charge in [0.2, 0.25) is 0 Å². The lowest BCUT2D eigenvalue weighted by molar-refractivity contribution is 0.686. The molecule has 3 heterocycles. The average molecular weight is 269 g/mol. The van der Waals surface area contributed by atoms with Crippen molar-refractivity contribution in [3.8, 4) is 0 Å². The van der Waals surface area contributed by atoms with Crippen LogP contribution in [0.3, 0.4) is 0 Å². The molecule has 0 fully saturated rings. The summed E-state index contributed by atoms with van der Waals surface area (Å²) < 4.78 is 1.22. The van der Waals surface area contributed by atoms with Crippen molar-refractivity contribution in [2.75, 3.05) is 7.05 Å². The Hall–Kier alpha value is -1.78. The monoisotopic (exact) mass is 269 g/mol. The molecule has 3 rings (SSSR count). The van der Waals surface area contributed by atoms with Gasteiger partial charge in [0, 0.05) is 18.1 Å². The van der Waals surface area contributed by atoms with Gasteiger partial charge in [-0.2, -0.15) is 0 Å². The lowest BCUT2D eigenvalue weighted by Crippen LogP contribution is -2.18. The summed E-state index contributed by atoms with van der Waals surface area (Å²) in [5, 5.41) is 5.41. The number of pyridine rings is 2. The summed E-state index contributed by atoms with van der Waals surface area (Å²) in [6, 6.07) is 8.53. The van der Waals surface area contributed by atoms with Crippen molar-refractivity contribution in [3.63, 3.8) is 0 Å². The zero-order chi connectivity index (χ0) is 13.2. The van der Waals surface area contributed by atoms with E-state index in [1.54, 1.807) is 11.3 Å². The van der Waals surface area contributed by atoms with Gasteiger partial charge in [-0.15, -0.1) is 11.3 Å².